The van der Waals surface area contributed by atoms with E-state index in [2.05, 4.69) is 0 Å². The van der Waals surface area contributed by atoms with Gasteiger partial charge in [-0.1, -0.05) is 0 Å². The van der Waals surface area contributed by atoms with Crippen molar-refractivity contribution in [3.63, 3.8) is 0 Å². The highest BCUT2D eigenvalue weighted by molar-refractivity contribution is 5.94. The van der Waals surface area contributed by atoms with Crippen LogP contribution >= 0.6 is 0 Å². The molecule has 1 aromatic rings. The summed E-state index contributed by atoms with van der Waals surface area (Å²) in [6.45, 7) is 0.671. The third-order valence-electron chi connectivity index (χ3n) is 3.72. The van der Waals surface area contributed by atoms with Gasteiger partial charge in [-0.05, 0) is 37.0 Å². The molecule has 0 aliphatic heterocycles. The van der Waals surface area contributed by atoms with Gasteiger partial charge in [-0.3, -0.25) is 4.79 Å². The Morgan fingerprint density at radius 2 is 1.95 bits per heavy atom. The van der Waals surface area contributed by atoms with E-state index in [0.717, 1.165) is 12.8 Å². The highest BCUT2D eigenvalue weighted by atomic mass is 16.5. The monoisotopic (exact) mass is 279 g/mol. The highest BCUT2D eigenvalue weighted by Gasteiger charge is 2.29. The second-order valence-electron chi connectivity index (χ2n) is 5.25. The maximum Gasteiger partial charge on any atom is 0.253 e. The van der Waals surface area contributed by atoms with Crippen molar-refractivity contribution in [3.05, 3.63) is 23.8 Å². The van der Waals surface area contributed by atoms with Gasteiger partial charge in [0.05, 0.1) is 20.3 Å². The molecule has 2 rings (SSSR count). The van der Waals surface area contributed by atoms with E-state index in [-0.39, 0.29) is 12.0 Å². The van der Waals surface area contributed by atoms with Gasteiger partial charge in [0.15, 0.2) is 11.5 Å². The number of hydrogen-bond acceptors (Lipinski definition) is 4. The van der Waals surface area contributed by atoms with Gasteiger partial charge in [-0.2, -0.15) is 0 Å². The van der Waals surface area contributed by atoms with Crippen LogP contribution in [0.25, 0.3) is 0 Å². The fourth-order valence-electron chi connectivity index (χ4n) is 2.51. The van der Waals surface area contributed by atoms with Crippen LogP contribution in [0.3, 0.4) is 0 Å². The van der Waals surface area contributed by atoms with E-state index in [1.165, 1.54) is 0 Å². The SMILES string of the molecule is COc1ccc(C(=O)N(C)CC2CC(O)C2)cc1OC. The van der Waals surface area contributed by atoms with Crippen molar-refractivity contribution >= 4 is 5.91 Å². The Labute approximate surface area is 119 Å². The Kier molecular flexibility index (Phi) is 4.49. The molecular weight excluding hydrogens is 258 g/mol. The van der Waals surface area contributed by atoms with Crippen LogP contribution in [0.15, 0.2) is 18.2 Å². The van der Waals surface area contributed by atoms with Gasteiger partial charge in [-0.15, -0.1) is 0 Å². The van der Waals surface area contributed by atoms with Crippen molar-refractivity contribution < 1.29 is 19.4 Å². The summed E-state index contributed by atoms with van der Waals surface area (Å²) < 4.78 is 10.4. The predicted octanol–water partition coefficient (Wildman–Crippen LogP) is 1.55. The summed E-state index contributed by atoms with van der Waals surface area (Å²) in [4.78, 5) is 14.0. The summed E-state index contributed by atoms with van der Waals surface area (Å²) in [5, 5.41) is 9.28. The van der Waals surface area contributed by atoms with Gasteiger partial charge in [-0.25, -0.2) is 0 Å². The summed E-state index contributed by atoms with van der Waals surface area (Å²) in [5.41, 5.74) is 0.574. The lowest BCUT2D eigenvalue weighted by atomic mass is 9.82. The Bertz CT molecular complexity index is 483. The number of carbonyl (C=O) groups is 1. The quantitative estimate of drug-likeness (QED) is 0.888. The molecule has 1 amide bonds. The average Bonchev–Trinajstić information content (AvgIpc) is 2.43. The fourth-order valence-corrected chi connectivity index (χ4v) is 2.51. The second-order valence-corrected chi connectivity index (χ2v) is 5.25. The van der Waals surface area contributed by atoms with Crippen LogP contribution < -0.4 is 9.47 Å². The number of rotatable bonds is 5. The molecule has 1 aliphatic carbocycles. The van der Waals surface area contributed by atoms with Crippen molar-refractivity contribution in [3.8, 4) is 11.5 Å². The largest absolute Gasteiger partial charge is 0.493 e. The number of hydrogen-bond donors (Lipinski definition) is 1. The van der Waals surface area contributed by atoms with Crippen LogP contribution in [-0.2, 0) is 0 Å². The molecule has 0 atom stereocenters. The summed E-state index contributed by atoms with van der Waals surface area (Å²) in [7, 11) is 4.89. The maximum atomic E-state index is 12.3. The number of methoxy groups -OCH3 is 2. The van der Waals surface area contributed by atoms with E-state index in [4.69, 9.17) is 9.47 Å². The standard InChI is InChI=1S/C15H21NO4/c1-16(9-10-6-12(17)7-10)15(18)11-4-5-13(19-2)14(8-11)20-3/h4-5,8,10,12,17H,6-7,9H2,1-3H3. The number of aliphatic hydroxyl groups is 1. The number of carbonyl (C=O) groups excluding carboxylic acids is 1. The molecule has 110 valence electrons. The molecule has 0 aromatic heterocycles. The Hall–Kier alpha value is -1.75. The Balaban J connectivity index is 2.04. The van der Waals surface area contributed by atoms with Crippen LogP contribution in [0.5, 0.6) is 11.5 Å². The minimum Gasteiger partial charge on any atom is -0.493 e. The number of amides is 1. The van der Waals surface area contributed by atoms with Crippen LogP contribution in [0.4, 0.5) is 0 Å². The van der Waals surface area contributed by atoms with Crippen LogP contribution in [0.1, 0.15) is 23.2 Å². The summed E-state index contributed by atoms with van der Waals surface area (Å²) in [6, 6.07) is 5.15. The molecule has 0 spiro atoms. The minimum atomic E-state index is -0.190. The van der Waals surface area contributed by atoms with Crippen LogP contribution in [0.2, 0.25) is 0 Å². The molecule has 0 heterocycles. The second kappa shape index (κ2) is 6.13. The molecule has 0 radical (unpaired) electrons. The molecule has 5 heteroatoms. The van der Waals surface area contributed by atoms with Crippen molar-refractivity contribution in [2.24, 2.45) is 5.92 Å². The fraction of sp³-hybridized carbons (Fsp3) is 0.533. The van der Waals surface area contributed by atoms with Crippen molar-refractivity contribution in [2.75, 3.05) is 27.8 Å². The van der Waals surface area contributed by atoms with E-state index < -0.39 is 0 Å². The van der Waals surface area contributed by atoms with Gasteiger partial charge in [0.1, 0.15) is 0 Å². The summed E-state index contributed by atoms with van der Waals surface area (Å²) >= 11 is 0. The Morgan fingerprint density at radius 3 is 2.50 bits per heavy atom. The molecule has 1 aromatic carbocycles. The molecule has 0 bridgehead atoms. The third kappa shape index (κ3) is 3.04. The van der Waals surface area contributed by atoms with Gasteiger partial charge < -0.3 is 19.5 Å². The van der Waals surface area contributed by atoms with Gasteiger partial charge in [0, 0.05) is 19.2 Å². The van der Waals surface area contributed by atoms with Crippen molar-refractivity contribution in [2.45, 2.75) is 18.9 Å². The number of nitrogens with zero attached hydrogens (tertiary/aromatic N) is 1. The first-order valence-corrected chi connectivity index (χ1v) is 6.70. The topological polar surface area (TPSA) is 59.0 Å². The lowest BCUT2D eigenvalue weighted by Crippen LogP contribution is -2.39. The maximum absolute atomic E-state index is 12.3. The number of ether oxygens (including phenoxy) is 2. The lowest BCUT2D eigenvalue weighted by molar-refractivity contribution is 0.0265. The van der Waals surface area contributed by atoms with Crippen LogP contribution in [0, 0.1) is 5.92 Å². The zero-order chi connectivity index (χ0) is 14.7. The zero-order valence-electron chi connectivity index (χ0n) is 12.1. The number of aliphatic hydroxyl groups excluding tert-OH is 1. The van der Waals surface area contributed by atoms with Crippen LogP contribution in [-0.4, -0.2) is 49.8 Å². The first-order valence-electron chi connectivity index (χ1n) is 6.70. The summed E-state index contributed by atoms with van der Waals surface area (Å²) in [6.07, 6.45) is 1.37. The van der Waals surface area contributed by atoms with Gasteiger partial charge in [0.2, 0.25) is 0 Å². The molecule has 5 nitrogen and oxygen atoms in total. The van der Waals surface area contributed by atoms with Gasteiger partial charge in [0.25, 0.3) is 5.91 Å². The number of benzene rings is 1. The predicted molar refractivity (Wildman–Crippen MR) is 75.2 cm³/mol. The van der Waals surface area contributed by atoms with E-state index in [1.54, 1.807) is 44.4 Å². The van der Waals surface area contributed by atoms with E-state index >= 15 is 0 Å². The zero-order valence-corrected chi connectivity index (χ0v) is 12.1. The molecule has 0 unspecified atom stereocenters. The van der Waals surface area contributed by atoms with Gasteiger partial charge >= 0.3 is 0 Å². The molecule has 20 heavy (non-hydrogen) atoms. The molecule has 1 aliphatic rings. The highest BCUT2D eigenvalue weighted by Crippen LogP contribution is 2.30. The van der Waals surface area contributed by atoms with Crippen molar-refractivity contribution in [1.82, 2.24) is 4.90 Å². The Morgan fingerprint density at radius 1 is 1.30 bits per heavy atom. The molecule has 0 saturated heterocycles. The smallest absolute Gasteiger partial charge is 0.253 e. The molecule has 1 saturated carbocycles. The lowest BCUT2D eigenvalue weighted by Gasteiger charge is -2.34. The third-order valence-corrected chi connectivity index (χ3v) is 3.72. The normalized spacial score (nSPS) is 21.0. The first-order chi connectivity index (χ1) is 9.55. The first kappa shape index (κ1) is 14.7. The van der Waals surface area contributed by atoms with E-state index in [0.29, 0.717) is 29.5 Å². The average molecular weight is 279 g/mol. The molecule has 1 fully saturated rings. The van der Waals surface area contributed by atoms with Crippen molar-refractivity contribution in [1.29, 1.82) is 0 Å². The minimum absolute atomic E-state index is 0.0488. The van der Waals surface area contributed by atoms with E-state index in [1.807, 2.05) is 0 Å². The molecular formula is C15H21NO4. The summed E-state index contributed by atoms with van der Waals surface area (Å²) in [5.74, 6) is 1.51. The van der Waals surface area contributed by atoms with E-state index in [9.17, 15) is 9.90 Å². The molecule has 1 N–H and O–H groups in total.